The number of piperazine rings is 1. The fourth-order valence-corrected chi connectivity index (χ4v) is 7.17. The topological polar surface area (TPSA) is 102 Å². The third-order valence-electron chi connectivity index (χ3n) is 8.43. The number of benzene rings is 4. The van der Waals surface area contributed by atoms with Gasteiger partial charge in [0.15, 0.2) is 0 Å². The molecule has 48 heavy (non-hydrogen) atoms. The average molecular weight is 681 g/mol. The smallest absolute Gasteiger partial charge is 0.251 e. The molecular weight excluding hydrogens is 641 g/mol. The molecule has 1 fully saturated rings. The maximum Gasteiger partial charge on any atom is 0.251 e. The first kappa shape index (κ1) is 35.1. The van der Waals surface area contributed by atoms with E-state index in [2.05, 4.69) is 23.6 Å². The van der Waals surface area contributed by atoms with Crippen molar-refractivity contribution in [1.82, 2.24) is 14.9 Å². The highest BCUT2D eigenvalue weighted by Gasteiger charge is 2.29. The first-order valence-corrected chi connectivity index (χ1v) is 17.3. The second-order valence-electron chi connectivity index (χ2n) is 11.8. The summed E-state index contributed by atoms with van der Waals surface area (Å²) < 4.78 is 69.4. The van der Waals surface area contributed by atoms with E-state index in [9.17, 15) is 31.5 Å². The lowest BCUT2D eigenvalue weighted by Crippen LogP contribution is -2.49. The van der Waals surface area contributed by atoms with Gasteiger partial charge in [0, 0.05) is 56.6 Å². The zero-order valence-corrected chi connectivity index (χ0v) is 27.4. The summed E-state index contributed by atoms with van der Waals surface area (Å²) in [5.41, 5.74) is 3.43. The Bertz CT molecular complexity index is 1780. The zero-order valence-electron chi connectivity index (χ0n) is 26.6. The van der Waals surface area contributed by atoms with Gasteiger partial charge in [0.25, 0.3) is 5.91 Å². The van der Waals surface area contributed by atoms with Crippen molar-refractivity contribution in [3.63, 3.8) is 0 Å². The third kappa shape index (κ3) is 9.01. The van der Waals surface area contributed by atoms with Gasteiger partial charge < -0.3 is 20.6 Å². The molecule has 1 saturated heterocycles. The van der Waals surface area contributed by atoms with Crippen molar-refractivity contribution in [3.8, 4) is 0 Å². The van der Waals surface area contributed by atoms with Crippen molar-refractivity contribution in [2.75, 3.05) is 37.6 Å². The Labute approximate surface area is 279 Å². The Morgan fingerprint density at radius 3 is 2.10 bits per heavy atom. The summed E-state index contributed by atoms with van der Waals surface area (Å²) in [7, 11) is -3.84. The number of carbonyl (C=O) groups is 1. The van der Waals surface area contributed by atoms with Crippen molar-refractivity contribution in [2.24, 2.45) is 0 Å². The fraction of sp³-hybridized carbons (Fsp3) is 0.306. The number of aliphatic hydroxyl groups is 1. The van der Waals surface area contributed by atoms with Crippen LogP contribution in [0.2, 0.25) is 0 Å². The van der Waals surface area contributed by atoms with E-state index in [1.807, 2.05) is 23.1 Å². The summed E-state index contributed by atoms with van der Waals surface area (Å²) >= 11 is 0. The molecule has 0 aromatic heterocycles. The molecule has 0 radical (unpaired) electrons. The van der Waals surface area contributed by atoms with Gasteiger partial charge in [0.05, 0.1) is 17.0 Å². The molecule has 1 heterocycles. The molecule has 4 aromatic rings. The molecule has 8 nitrogen and oxygen atoms in total. The Morgan fingerprint density at radius 2 is 1.46 bits per heavy atom. The maximum atomic E-state index is 14.0. The minimum atomic E-state index is -3.84. The number of aliphatic hydroxyl groups excluding tert-OH is 1. The van der Waals surface area contributed by atoms with Gasteiger partial charge in [-0.3, -0.25) is 4.79 Å². The number of nitrogens with zero attached hydrogens (tertiary/aromatic N) is 2. The molecule has 0 aliphatic carbocycles. The standard InChI is InChI=1S/C36H39F3N4O4S/c1-2-25-4-3-5-26(18-25)23-40-24-35(44)34(21-27-19-30(38)22-31(39)20-27)41-36(45)28-6-12-33(13-7-28)48(46,47)43-16-14-42(15-17-43)32-10-8-29(37)9-11-32/h3-13,18-20,22,34-35,40,44H,2,14-17,21,23-24H2,1H3,(H,41,45)/t34-,35+/m0/s1. The van der Waals surface area contributed by atoms with Gasteiger partial charge in [0.2, 0.25) is 10.0 Å². The van der Waals surface area contributed by atoms with E-state index < -0.39 is 39.7 Å². The van der Waals surface area contributed by atoms with Crippen LogP contribution in [-0.2, 0) is 29.4 Å². The number of amides is 1. The normalized spacial score (nSPS) is 15.2. The second kappa shape index (κ2) is 15.8. The minimum absolute atomic E-state index is 0.0254. The van der Waals surface area contributed by atoms with E-state index in [1.54, 1.807) is 12.1 Å². The number of hydrogen-bond donors (Lipinski definition) is 3. The molecule has 1 aliphatic heterocycles. The molecule has 0 unspecified atom stereocenters. The van der Waals surface area contributed by atoms with Crippen molar-refractivity contribution in [3.05, 3.63) is 131 Å². The number of sulfonamides is 1. The van der Waals surface area contributed by atoms with Crippen molar-refractivity contribution in [2.45, 2.75) is 43.4 Å². The van der Waals surface area contributed by atoms with Crippen LogP contribution in [0.3, 0.4) is 0 Å². The quantitative estimate of drug-likeness (QED) is 0.190. The number of aryl methyl sites for hydroxylation is 1. The SMILES string of the molecule is CCc1cccc(CNC[C@@H](O)[C@H](Cc2cc(F)cc(F)c2)NC(=O)c2ccc(S(=O)(=O)N3CCN(c4ccc(F)cc4)CC3)cc2)c1. The maximum absolute atomic E-state index is 14.0. The number of nitrogens with one attached hydrogen (secondary N) is 2. The van der Waals surface area contributed by atoms with Crippen LogP contribution < -0.4 is 15.5 Å². The first-order chi connectivity index (χ1) is 23.0. The van der Waals surface area contributed by atoms with Crippen molar-refractivity contribution < 1.29 is 31.5 Å². The average Bonchev–Trinajstić information content (AvgIpc) is 3.08. The van der Waals surface area contributed by atoms with Crippen LogP contribution in [0.4, 0.5) is 18.9 Å². The van der Waals surface area contributed by atoms with Gasteiger partial charge in [-0.1, -0.05) is 31.2 Å². The summed E-state index contributed by atoms with van der Waals surface area (Å²) in [5.74, 6) is -2.46. The third-order valence-corrected chi connectivity index (χ3v) is 10.3. The molecular formula is C36H39F3N4O4S. The van der Waals surface area contributed by atoms with Crippen LogP contribution in [0.15, 0.2) is 95.9 Å². The van der Waals surface area contributed by atoms with Crippen molar-refractivity contribution in [1.29, 1.82) is 0 Å². The van der Waals surface area contributed by atoms with E-state index in [4.69, 9.17) is 0 Å². The van der Waals surface area contributed by atoms with E-state index in [0.29, 0.717) is 19.6 Å². The van der Waals surface area contributed by atoms with Gasteiger partial charge in [-0.2, -0.15) is 4.31 Å². The summed E-state index contributed by atoms with van der Waals surface area (Å²) in [6.45, 7) is 3.96. The summed E-state index contributed by atoms with van der Waals surface area (Å²) in [6, 6.07) is 21.7. The molecule has 3 N–H and O–H groups in total. The van der Waals surface area contributed by atoms with Gasteiger partial charge in [0.1, 0.15) is 17.5 Å². The van der Waals surface area contributed by atoms with E-state index >= 15 is 0 Å². The summed E-state index contributed by atoms with van der Waals surface area (Å²) in [6.07, 6.45) is -0.287. The number of carbonyl (C=O) groups excluding carboxylic acids is 1. The molecule has 0 bridgehead atoms. The predicted octanol–water partition coefficient (Wildman–Crippen LogP) is 4.67. The highest BCUT2D eigenvalue weighted by atomic mass is 32.2. The number of anilines is 1. The number of rotatable bonds is 13. The molecule has 0 saturated carbocycles. The zero-order chi connectivity index (χ0) is 34.3. The second-order valence-corrected chi connectivity index (χ2v) is 13.8. The molecule has 254 valence electrons. The Morgan fingerprint density at radius 1 is 0.812 bits per heavy atom. The first-order valence-electron chi connectivity index (χ1n) is 15.8. The van der Waals surface area contributed by atoms with Crippen molar-refractivity contribution >= 4 is 21.6 Å². The van der Waals surface area contributed by atoms with Gasteiger partial charge >= 0.3 is 0 Å². The lowest BCUT2D eigenvalue weighted by Gasteiger charge is -2.35. The molecule has 4 aromatic carbocycles. The largest absolute Gasteiger partial charge is 0.390 e. The van der Waals surface area contributed by atoms with Crippen LogP contribution in [0, 0.1) is 17.5 Å². The van der Waals surface area contributed by atoms with Crippen LogP contribution in [0.25, 0.3) is 0 Å². The lowest BCUT2D eigenvalue weighted by molar-refractivity contribution is 0.0829. The van der Waals surface area contributed by atoms with Crippen LogP contribution >= 0.6 is 0 Å². The Hall–Kier alpha value is -4.23. The predicted molar refractivity (Wildman–Crippen MR) is 179 cm³/mol. The highest BCUT2D eigenvalue weighted by molar-refractivity contribution is 7.89. The fourth-order valence-electron chi connectivity index (χ4n) is 5.75. The van der Waals surface area contributed by atoms with Gasteiger partial charge in [-0.15, -0.1) is 0 Å². The monoisotopic (exact) mass is 680 g/mol. The molecule has 2 atom stereocenters. The van der Waals surface area contributed by atoms with E-state index in [1.165, 1.54) is 46.3 Å². The molecule has 1 aliphatic rings. The van der Waals surface area contributed by atoms with E-state index in [-0.39, 0.29) is 47.9 Å². The summed E-state index contributed by atoms with van der Waals surface area (Å²) in [5, 5.41) is 17.1. The molecule has 5 rings (SSSR count). The molecule has 12 heteroatoms. The minimum Gasteiger partial charge on any atom is -0.390 e. The lowest BCUT2D eigenvalue weighted by atomic mass is 10.00. The summed E-state index contributed by atoms with van der Waals surface area (Å²) in [4.78, 5) is 15.3. The number of hydrogen-bond acceptors (Lipinski definition) is 6. The van der Waals surface area contributed by atoms with Crippen LogP contribution in [0.1, 0.15) is 34.0 Å². The number of halogens is 3. The molecule has 0 spiro atoms. The Balaban J connectivity index is 1.23. The Kier molecular flexibility index (Phi) is 11.5. The van der Waals surface area contributed by atoms with Gasteiger partial charge in [-0.25, -0.2) is 21.6 Å². The highest BCUT2D eigenvalue weighted by Crippen LogP contribution is 2.22. The van der Waals surface area contributed by atoms with Gasteiger partial charge in [-0.05, 0) is 90.2 Å². The molecule has 1 amide bonds. The van der Waals surface area contributed by atoms with Crippen LogP contribution in [0.5, 0.6) is 0 Å². The van der Waals surface area contributed by atoms with E-state index in [0.717, 1.165) is 35.9 Å². The van der Waals surface area contributed by atoms with Crippen LogP contribution in [-0.4, -0.2) is 68.6 Å².